The first-order chi connectivity index (χ1) is 11.0. The second-order valence-electron chi connectivity index (χ2n) is 5.36. The second-order valence-corrected chi connectivity index (χ2v) is 5.36. The molecular formula is C19H20FNO2. The number of carbonyl (C=O) groups excluding carboxylic acids is 1. The van der Waals surface area contributed by atoms with E-state index in [1.165, 1.54) is 18.2 Å². The highest BCUT2D eigenvalue weighted by Crippen LogP contribution is 2.26. The van der Waals surface area contributed by atoms with E-state index in [2.05, 4.69) is 5.32 Å². The van der Waals surface area contributed by atoms with E-state index >= 15 is 0 Å². The first-order valence-corrected chi connectivity index (χ1v) is 7.38. The molecule has 0 aliphatic carbocycles. The van der Waals surface area contributed by atoms with Crippen molar-refractivity contribution in [1.82, 2.24) is 5.32 Å². The second kappa shape index (κ2) is 7.58. The molecule has 0 saturated carbocycles. The fourth-order valence-corrected chi connectivity index (χ4v) is 2.31. The summed E-state index contributed by atoms with van der Waals surface area (Å²) in [6.07, 6.45) is 2.98. The van der Waals surface area contributed by atoms with Gasteiger partial charge in [-0.1, -0.05) is 29.8 Å². The number of carbonyl (C=O) groups is 1. The van der Waals surface area contributed by atoms with Gasteiger partial charge in [0.15, 0.2) is 0 Å². The highest BCUT2D eigenvalue weighted by atomic mass is 19.1. The third-order valence-corrected chi connectivity index (χ3v) is 3.49. The van der Waals surface area contributed by atoms with E-state index in [-0.39, 0.29) is 17.8 Å². The number of hydrogen-bond donors (Lipinski definition) is 1. The topological polar surface area (TPSA) is 38.3 Å². The molecule has 0 saturated heterocycles. The summed E-state index contributed by atoms with van der Waals surface area (Å²) in [5, 5.41) is 2.88. The van der Waals surface area contributed by atoms with E-state index in [1.807, 2.05) is 32.0 Å². The summed E-state index contributed by atoms with van der Waals surface area (Å²) in [5.41, 5.74) is 2.65. The molecule has 0 aliphatic heterocycles. The Morgan fingerprint density at radius 1 is 1.26 bits per heavy atom. The van der Waals surface area contributed by atoms with E-state index in [1.54, 1.807) is 25.3 Å². The molecule has 1 amide bonds. The fraction of sp³-hybridized carbons (Fsp3) is 0.211. The number of halogens is 1. The summed E-state index contributed by atoms with van der Waals surface area (Å²) in [6, 6.07) is 11.7. The summed E-state index contributed by atoms with van der Waals surface area (Å²) in [5.74, 6) is 0.160. The average Bonchev–Trinajstić information content (AvgIpc) is 2.53. The van der Waals surface area contributed by atoms with Gasteiger partial charge in [0.05, 0.1) is 13.2 Å². The Hall–Kier alpha value is -2.62. The van der Waals surface area contributed by atoms with E-state index in [9.17, 15) is 9.18 Å². The molecule has 0 heterocycles. The number of amides is 1. The van der Waals surface area contributed by atoms with Crippen LogP contribution in [0.25, 0.3) is 6.08 Å². The van der Waals surface area contributed by atoms with E-state index in [4.69, 9.17) is 4.74 Å². The van der Waals surface area contributed by atoms with Crippen LogP contribution in [0, 0.1) is 12.7 Å². The van der Waals surface area contributed by atoms with Crippen LogP contribution < -0.4 is 10.1 Å². The Balaban J connectivity index is 2.06. The quantitative estimate of drug-likeness (QED) is 0.846. The molecule has 0 fully saturated rings. The molecule has 1 atom stereocenters. The van der Waals surface area contributed by atoms with Gasteiger partial charge in [-0.3, -0.25) is 4.79 Å². The van der Waals surface area contributed by atoms with Crippen molar-refractivity contribution in [3.63, 3.8) is 0 Å². The number of aryl methyl sites for hydroxylation is 1. The average molecular weight is 313 g/mol. The van der Waals surface area contributed by atoms with Crippen molar-refractivity contribution >= 4 is 12.0 Å². The predicted molar refractivity (Wildman–Crippen MR) is 89.7 cm³/mol. The number of rotatable bonds is 5. The number of hydrogen-bond acceptors (Lipinski definition) is 2. The first kappa shape index (κ1) is 16.7. The van der Waals surface area contributed by atoms with Crippen molar-refractivity contribution in [2.45, 2.75) is 19.9 Å². The van der Waals surface area contributed by atoms with Gasteiger partial charge in [-0.25, -0.2) is 4.39 Å². The van der Waals surface area contributed by atoms with Gasteiger partial charge in [0.25, 0.3) is 0 Å². The molecule has 23 heavy (non-hydrogen) atoms. The monoisotopic (exact) mass is 313 g/mol. The molecule has 3 nitrogen and oxygen atoms in total. The maximum absolute atomic E-state index is 13.1. The number of nitrogens with one attached hydrogen (secondary N) is 1. The van der Waals surface area contributed by atoms with Crippen LogP contribution in [0.1, 0.15) is 29.7 Å². The Morgan fingerprint density at radius 2 is 2.04 bits per heavy atom. The van der Waals surface area contributed by atoms with Gasteiger partial charge in [0.1, 0.15) is 11.6 Å². The molecule has 0 radical (unpaired) electrons. The third-order valence-electron chi connectivity index (χ3n) is 3.49. The molecule has 2 aromatic rings. The predicted octanol–water partition coefficient (Wildman–Crippen LogP) is 4.03. The van der Waals surface area contributed by atoms with Crippen LogP contribution in [0.15, 0.2) is 48.5 Å². The van der Waals surface area contributed by atoms with Crippen LogP contribution in [-0.4, -0.2) is 13.0 Å². The smallest absolute Gasteiger partial charge is 0.244 e. The Morgan fingerprint density at radius 3 is 2.74 bits per heavy atom. The van der Waals surface area contributed by atoms with Crippen LogP contribution in [0.2, 0.25) is 0 Å². The largest absolute Gasteiger partial charge is 0.496 e. The van der Waals surface area contributed by atoms with Crippen molar-refractivity contribution in [2.24, 2.45) is 0 Å². The molecule has 2 aromatic carbocycles. The Kier molecular flexibility index (Phi) is 5.52. The summed E-state index contributed by atoms with van der Waals surface area (Å²) < 4.78 is 18.4. The zero-order valence-electron chi connectivity index (χ0n) is 13.5. The standard InChI is InChI=1S/C19H20FNO2/c1-13-7-9-18(23-3)17(11-13)14(2)21-19(22)10-8-15-5-4-6-16(20)12-15/h4-12,14H,1-3H3,(H,21,22)/b10-8+/t14-/m1/s1. The third kappa shape index (κ3) is 4.68. The van der Waals surface area contributed by atoms with Gasteiger partial charge < -0.3 is 10.1 Å². The van der Waals surface area contributed by atoms with Gasteiger partial charge >= 0.3 is 0 Å². The van der Waals surface area contributed by atoms with Crippen molar-refractivity contribution in [2.75, 3.05) is 7.11 Å². The normalized spacial score (nSPS) is 12.2. The summed E-state index contributed by atoms with van der Waals surface area (Å²) in [6.45, 7) is 3.88. The number of benzene rings is 2. The molecule has 0 aliphatic rings. The molecule has 0 bridgehead atoms. The number of ether oxygens (including phenoxy) is 1. The van der Waals surface area contributed by atoms with Crippen LogP contribution in [0.4, 0.5) is 4.39 Å². The van der Waals surface area contributed by atoms with E-state index in [0.717, 1.165) is 16.9 Å². The van der Waals surface area contributed by atoms with E-state index < -0.39 is 0 Å². The zero-order valence-corrected chi connectivity index (χ0v) is 13.5. The van der Waals surface area contributed by atoms with Gasteiger partial charge in [-0.15, -0.1) is 0 Å². The summed E-state index contributed by atoms with van der Waals surface area (Å²) >= 11 is 0. The lowest BCUT2D eigenvalue weighted by Crippen LogP contribution is -2.25. The number of methoxy groups -OCH3 is 1. The molecular weight excluding hydrogens is 293 g/mol. The Bertz CT molecular complexity index is 725. The van der Waals surface area contributed by atoms with Gasteiger partial charge in [-0.05, 0) is 43.7 Å². The first-order valence-electron chi connectivity index (χ1n) is 7.38. The molecule has 0 spiro atoms. The fourth-order valence-electron chi connectivity index (χ4n) is 2.31. The molecule has 1 N–H and O–H groups in total. The van der Waals surface area contributed by atoms with Crippen molar-refractivity contribution in [1.29, 1.82) is 0 Å². The molecule has 120 valence electrons. The molecule has 0 aromatic heterocycles. The molecule has 0 unspecified atom stereocenters. The summed E-state index contributed by atoms with van der Waals surface area (Å²) in [4.78, 5) is 12.0. The minimum absolute atomic E-state index is 0.200. The van der Waals surface area contributed by atoms with Crippen molar-refractivity contribution in [3.05, 3.63) is 71.0 Å². The van der Waals surface area contributed by atoms with Gasteiger partial charge in [0, 0.05) is 11.6 Å². The molecule has 4 heteroatoms. The Labute approximate surface area is 135 Å². The molecule has 2 rings (SSSR count). The van der Waals surface area contributed by atoms with E-state index in [0.29, 0.717) is 5.56 Å². The summed E-state index contributed by atoms with van der Waals surface area (Å²) in [7, 11) is 1.60. The maximum Gasteiger partial charge on any atom is 0.244 e. The van der Waals surface area contributed by atoms with Crippen LogP contribution in [0.3, 0.4) is 0 Å². The van der Waals surface area contributed by atoms with Crippen LogP contribution in [-0.2, 0) is 4.79 Å². The van der Waals surface area contributed by atoms with Crippen molar-refractivity contribution in [3.8, 4) is 5.75 Å². The zero-order chi connectivity index (χ0) is 16.8. The minimum Gasteiger partial charge on any atom is -0.496 e. The highest BCUT2D eigenvalue weighted by Gasteiger charge is 2.13. The van der Waals surface area contributed by atoms with Crippen LogP contribution >= 0.6 is 0 Å². The maximum atomic E-state index is 13.1. The highest BCUT2D eigenvalue weighted by molar-refractivity contribution is 5.92. The van der Waals surface area contributed by atoms with Gasteiger partial charge in [-0.2, -0.15) is 0 Å². The minimum atomic E-state index is -0.328. The SMILES string of the molecule is COc1ccc(C)cc1[C@@H](C)NC(=O)/C=C/c1cccc(F)c1. The van der Waals surface area contributed by atoms with Gasteiger partial charge in [0.2, 0.25) is 5.91 Å². The lowest BCUT2D eigenvalue weighted by atomic mass is 10.0. The van der Waals surface area contributed by atoms with Crippen molar-refractivity contribution < 1.29 is 13.9 Å². The van der Waals surface area contributed by atoms with Crippen LogP contribution in [0.5, 0.6) is 5.75 Å². The lowest BCUT2D eigenvalue weighted by Gasteiger charge is -2.17. The lowest BCUT2D eigenvalue weighted by molar-refractivity contribution is -0.117.